The van der Waals surface area contributed by atoms with Gasteiger partial charge in [0, 0.05) is 17.3 Å². The third-order valence-electron chi connectivity index (χ3n) is 3.92. The summed E-state index contributed by atoms with van der Waals surface area (Å²) in [5, 5.41) is 4.14. The molecule has 1 nitrogen and oxygen atoms in total. The summed E-state index contributed by atoms with van der Waals surface area (Å²) in [6.45, 7) is 1.93. The van der Waals surface area contributed by atoms with Gasteiger partial charge in [-0.15, -0.1) is 0 Å². The monoisotopic (exact) mass is 303 g/mol. The quantitative estimate of drug-likeness (QED) is 0.869. The Labute approximate surface area is 122 Å². The van der Waals surface area contributed by atoms with Gasteiger partial charge in [-0.25, -0.2) is 0 Å². The number of nitrogens with one attached hydrogen (secondary N) is 1. The third-order valence-corrected chi connectivity index (χ3v) is 5.01. The molecule has 0 saturated heterocycles. The van der Waals surface area contributed by atoms with Crippen LogP contribution in [-0.4, -0.2) is 17.5 Å². The minimum Gasteiger partial charge on any atom is -0.307 e. The number of hydrogen-bond acceptors (Lipinski definition) is 2. The molecule has 0 aromatic heterocycles. The molecule has 0 amide bonds. The van der Waals surface area contributed by atoms with Crippen molar-refractivity contribution in [3.05, 3.63) is 35.4 Å². The summed E-state index contributed by atoms with van der Waals surface area (Å²) >= 11 is 1.88. The number of thioether (sulfide) groups is 1. The van der Waals surface area contributed by atoms with Crippen LogP contribution < -0.4 is 5.32 Å². The van der Waals surface area contributed by atoms with Gasteiger partial charge in [0.25, 0.3) is 0 Å². The highest BCUT2D eigenvalue weighted by molar-refractivity contribution is 7.99. The van der Waals surface area contributed by atoms with Crippen LogP contribution in [0.1, 0.15) is 43.4 Å². The topological polar surface area (TPSA) is 12.0 Å². The van der Waals surface area contributed by atoms with Crippen LogP contribution in [0.4, 0.5) is 13.2 Å². The number of alkyl halides is 3. The van der Waals surface area contributed by atoms with Gasteiger partial charge in [0.1, 0.15) is 0 Å². The molecule has 5 heteroatoms. The Morgan fingerprint density at radius 1 is 1.30 bits per heavy atom. The Morgan fingerprint density at radius 3 is 2.65 bits per heavy atom. The Balaban J connectivity index is 2.01. The molecule has 2 rings (SSSR count). The molecular formula is C15H20F3NS. The SMILES string of the molecule is CSC1CCC(NC(C)c2cccc(C(F)(F)F)c2)C1. The average molecular weight is 303 g/mol. The molecule has 1 N–H and O–H groups in total. The van der Waals surface area contributed by atoms with Gasteiger partial charge in [0.05, 0.1) is 5.56 Å². The van der Waals surface area contributed by atoms with Crippen molar-refractivity contribution in [2.45, 2.75) is 49.7 Å². The van der Waals surface area contributed by atoms with Gasteiger partial charge in [-0.05, 0) is 50.1 Å². The number of rotatable bonds is 4. The van der Waals surface area contributed by atoms with Crippen LogP contribution >= 0.6 is 11.8 Å². The molecule has 3 unspecified atom stereocenters. The normalized spacial score (nSPS) is 24.9. The number of hydrogen-bond donors (Lipinski definition) is 1. The zero-order valence-electron chi connectivity index (χ0n) is 11.7. The second-order valence-electron chi connectivity index (χ2n) is 5.38. The summed E-state index contributed by atoms with van der Waals surface area (Å²) in [5.74, 6) is 0. The van der Waals surface area contributed by atoms with Crippen molar-refractivity contribution in [2.75, 3.05) is 6.26 Å². The second kappa shape index (κ2) is 6.39. The van der Waals surface area contributed by atoms with E-state index in [2.05, 4.69) is 11.6 Å². The Hall–Kier alpha value is -0.680. The van der Waals surface area contributed by atoms with E-state index in [1.165, 1.54) is 18.6 Å². The summed E-state index contributed by atoms with van der Waals surface area (Å²) in [6.07, 6.45) is 1.24. The highest BCUT2D eigenvalue weighted by Crippen LogP contribution is 2.32. The molecule has 0 spiro atoms. The lowest BCUT2D eigenvalue weighted by molar-refractivity contribution is -0.137. The van der Waals surface area contributed by atoms with Crippen LogP contribution in [0.15, 0.2) is 24.3 Å². The van der Waals surface area contributed by atoms with E-state index in [0.717, 1.165) is 18.9 Å². The van der Waals surface area contributed by atoms with Crippen LogP contribution in [0.2, 0.25) is 0 Å². The standard InChI is InChI=1S/C15H20F3NS/c1-10(19-13-6-7-14(9-13)20-2)11-4-3-5-12(8-11)15(16,17)18/h3-5,8,10,13-14,19H,6-7,9H2,1-2H3. The van der Waals surface area contributed by atoms with E-state index in [0.29, 0.717) is 16.9 Å². The molecule has 1 aromatic carbocycles. The molecule has 112 valence electrons. The summed E-state index contributed by atoms with van der Waals surface area (Å²) < 4.78 is 38.1. The largest absolute Gasteiger partial charge is 0.416 e. The molecule has 1 aliphatic rings. The van der Waals surface area contributed by atoms with Crippen LogP contribution in [0.3, 0.4) is 0 Å². The van der Waals surface area contributed by atoms with Gasteiger partial charge in [-0.3, -0.25) is 0 Å². The van der Waals surface area contributed by atoms with Gasteiger partial charge >= 0.3 is 6.18 Å². The average Bonchev–Trinajstić information content (AvgIpc) is 2.85. The minimum absolute atomic E-state index is 0.0529. The molecule has 1 aliphatic carbocycles. The lowest BCUT2D eigenvalue weighted by Gasteiger charge is -2.21. The first kappa shape index (κ1) is 15.7. The van der Waals surface area contributed by atoms with Gasteiger partial charge < -0.3 is 5.32 Å². The van der Waals surface area contributed by atoms with Crippen molar-refractivity contribution in [1.29, 1.82) is 0 Å². The summed E-state index contributed by atoms with van der Waals surface area (Å²) in [5.41, 5.74) is 0.129. The van der Waals surface area contributed by atoms with E-state index in [1.54, 1.807) is 6.07 Å². The zero-order valence-corrected chi connectivity index (χ0v) is 12.5. The summed E-state index contributed by atoms with van der Waals surface area (Å²) in [6, 6.07) is 5.97. The molecule has 1 saturated carbocycles. The van der Waals surface area contributed by atoms with E-state index in [9.17, 15) is 13.2 Å². The smallest absolute Gasteiger partial charge is 0.307 e. The lowest BCUT2D eigenvalue weighted by atomic mass is 10.0. The van der Waals surface area contributed by atoms with Crippen LogP contribution in [0, 0.1) is 0 Å². The van der Waals surface area contributed by atoms with Crippen molar-refractivity contribution >= 4 is 11.8 Å². The molecule has 1 aromatic rings. The van der Waals surface area contributed by atoms with E-state index in [4.69, 9.17) is 0 Å². The maximum atomic E-state index is 12.7. The van der Waals surface area contributed by atoms with E-state index >= 15 is 0 Å². The Morgan fingerprint density at radius 2 is 2.05 bits per heavy atom. The minimum atomic E-state index is -4.27. The molecule has 0 radical (unpaired) electrons. The fourth-order valence-corrected chi connectivity index (χ4v) is 3.54. The van der Waals surface area contributed by atoms with Gasteiger partial charge in [-0.2, -0.15) is 24.9 Å². The van der Waals surface area contributed by atoms with Crippen molar-refractivity contribution in [1.82, 2.24) is 5.32 Å². The maximum Gasteiger partial charge on any atom is 0.416 e. The van der Waals surface area contributed by atoms with Gasteiger partial charge in [0.2, 0.25) is 0 Å². The van der Waals surface area contributed by atoms with Crippen molar-refractivity contribution < 1.29 is 13.2 Å². The first-order chi connectivity index (χ1) is 9.40. The molecule has 0 bridgehead atoms. The fraction of sp³-hybridized carbons (Fsp3) is 0.600. The third kappa shape index (κ3) is 3.92. The summed E-state index contributed by atoms with van der Waals surface area (Å²) in [7, 11) is 0. The van der Waals surface area contributed by atoms with Crippen LogP contribution in [0.25, 0.3) is 0 Å². The Bertz CT molecular complexity index is 447. The van der Waals surface area contributed by atoms with Crippen molar-refractivity contribution in [2.24, 2.45) is 0 Å². The molecular weight excluding hydrogens is 283 g/mol. The maximum absolute atomic E-state index is 12.7. The molecule has 1 fully saturated rings. The predicted octanol–water partition coefficient (Wildman–Crippen LogP) is 4.64. The molecule has 0 heterocycles. The van der Waals surface area contributed by atoms with E-state index in [1.807, 2.05) is 18.7 Å². The molecule has 0 aliphatic heterocycles. The van der Waals surface area contributed by atoms with Crippen LogP contribution in [0.5, 0.6) is 0 Å². The van der Waals surface area contributed by atoms with E-state index in [-0.39, 0.29) is 6.04 Å². The highest BCUT2D eigenvalue weighted by Gasteiger charge is 2.31. The zero-order chi connectivity index (χ0) is 14.8. The van der Waals surface area contributed by atoms with E-state index < -0.39 is 11.7 Å². The molecule has 3 atom stereocenters. The first-order valence-corrected chi connectivity index (χ1v) is 8.15. The summed E-state index contributed by atoms with van der Waals surface area (Å²) in [4.78, 5) is 0. The predicted molar refractivity (Wildman–Crippen MR) is 77.9 cm³/mol. The van der Waals surface area contributed by atoms with Gasteiger partial charge in [0.15, 0.2) is 0 Å². The van der Waals surface area contributed by atoms with Crippen molar-refractivity contribution in [3.63, 3.8) is 0 Å². The number of benzene rings is 1. The highest BCUT2D eigenvalue weighted by atomic mass is 32.2. The lowest BCUT2D eigenvalue weighted by Crippen LogP contribution is -2.29. The van der Waals surface area contributed by atoms with Gasteiger partial charge in [-0.1, -0.05) is 12.1 Å². The van der Waals surface area contributed by atoms with Crippen molar-refractivity contribution in [3.8, 4) is 0 Å². The Kier molecular flexibility index (Phi) is 5.02. The second-order valence-corrected chi connectivity index (χ2v) is 6.52. The molecule has 20 heavy (non-hydrogen) atoms. The fourth-order valence-electron chi connectivity index (χ4n) is 2.74. The van der Waals surface area contributed by atoms with Crippen LogP contribution in [-0.2, 0) is 6.18 Å². The first-order valence-electron chi connectivity index (χ1n) is 6.86. The number of halogens is 3.